The number of H-pyrrole nitrogens is 1. The van der Waals surface area contributed by atoms with E-state index in [4.69, 9.17) is 4.74 Å². The van der Waals surface area contributed by atoms with E-state index >= 15 is 0 Å². The van der Waals surface area contributed by atoms with Gasteiger partial charge in [-0.15, -0.1) is 0 Å². The summed E-state index contributed by atoms with van der Waals surface area (Å²) in [5.41, 5.74) is 4.83. The van der Waals surface area contributed by atoms with Crippen LogP contribution in [-0.2, 0) is 4.79 Å². The fourth-order valence-corrected chi connectivity index (χ4v) is 3.73. The Kier molecular flexibility index (Phi) is 4.01. The average Bonchev–Trinajstić information content (AvgIpc) is 3.07. The second-order valence-corrected chi connectivity index (χ2v) is 7.32. The third-order valence-corrected chi connectivity index (χ3v) is 5.25. The number of aromatic amines is 1. The van der Waals surface area contributed by atoms with Crippen molar-refractivity contribution in [1.29, 1.82) is 0 Å². The van der Waals surface area contributed by atoms with Crippen LogP contribution in [0.2, 0.25) is 0 Å². The standard InChI is InChI=1S/C21H20FN5O2/c1-3-29-17-6-11(2)19(15-10-23-25-20(15)17)12-4-5-27-13(7-12)8-18(26-27)24-21(28)14-9-16(14)22/h4-8,10,14,16H,3,9H2,1-2H3,(H,23,25)(H,24,26,28)/t14-,16+/m1/s1. The largest absolute Gasteiger partial charge is 0.492 e. The first kappa shape index (κ1) is 17.7. The topological polar surface area (TPSA) is 84.3 Å². The predicted octanol–water partition coefficient (Wildman–Crippen LogP) is 3.88. The van der Waals surface area contributed by atoms with Crippen LogP contribution in [0, 0.1) is 12.8 Å². The molecular weight excluding hydrogens is 373 g/mol. The first-order chi connectivity index (χ1) is 14.0. The van der Waals surface area contributed by atoms with Gasteiger partial charge in [0.25, 0.3) is 0 Å². The number of aryl methyl sites for hydroxylation is 1. The summed E-state index contributed by atoms with van der Waals surface area (Å²) in [7, 11) is 0. The lowest BCUT2D eigenvalue weighted by molar-refractivity contribution is -0.117. The normalized spacial score (nSPS) is 18.3. The molecule has 1 aromatic carbocycles. The van der Waals surface area contributed by atoms with Crippen LogP contribution in [0.15, 0.2) is 36.7 Å². The Bertz CT molecular complexity index is 1240. The quantitative estimate of drug-likeness (QED) is 0.539. The molecule has 0 bridgehead atoms. The minimum atomic E-state index is -1.03. The molecule has 3 aromatic heterocycles. The maximum Gasteiger partial charge on any atom is 0.231 e. The van der Waals surface area contributed by atoms with Gasteiger partial charge in [0.15, 0.2) is 5.82 Å². The van der Waals surface area contributed by atoms with Crippen LogP contribution < -0.4 is 10.1 Å². The zero-order valence-corrected chi connectivity index (χ0v) is 16.1. The predicted molar refractivity (Wildman–Crippen MR) is 108 cm³/mol. The van der Waals surface area contributed by atoms with E-state index in [9.17, 15) is 9.18 Å². The molecule has 0 spiro atoms. The van der Waals surface area contributed by atoms with Crippen molar-refractivity contribution in [2.24, 2.45) is 5.92 Å². The van der Waals surface area contributed by atoms with E-state index in [1.165, 1.54) is 0 Å². The molecule has 1 aliphatic rings. The van der Waals surface area contributed by atoms with Gasteiger partial charge in [0.1, 0.15) is 17.4 Å². The highest BCUT2D eigenvalue weighted by atomic mass is 19.1. The Hall–Kier alpha value is -3.42. The van der Waals surface area contributed by atoms with E-state index in [0.717, 1.165) is 38.9 Å². The minimum absolute atomic E-state index is 0.293. The summed E-state index contributed by atoms with van der Waals surface area (Å²) < 4.78 is 20.5. The van der Waals surface area contributed by atoms with Crippen LogP contribution in [0.1, 0.15) is 18.9 Å². The van der Waals surface area contributed by atoms with Crippen molar-refractivity contribution >= 4 is 28.1 Å². The lowest BCUT2D eigenvalue weighted by atomic mass is 9.97. The number of anilines is 1. The highest BCUT2D eigenvalue weighted by Crippen LogP contribution is 2.37. The number of nitrogens with zero attached hydrogens (tertiary/aromatic N) is 3. The zero-order valence-electron chi connectivity index (χ0n) is 16.1. The number of hydrogen-bond donors (Lipinski definition) is 2. The van der Waals surface area contributed by atoms with Gasteiger partial charge in [-0.1, -0.05) is 0 Å². The lowest BCUT2D eigenvalue weighted by Gasteiger charge is -2.12. The van der Waals surface area contributed by atoms with E-state index in [-0.39, 0.29) is 5.91 Å². The van der Waals surface area contributed by atoms with Crippen LogP contribution in [-0.4, -0.2) is 38.5 Å². The van der Waals surface area contributed by atoms with Gasteiger partial charge < -0.3 is 10.1 Å². The average molecular weight is 393 g/mol. The van der Waals surface area contributed by atoms with Gasteiger partial charge in [-0.3, -0.25) is 9.89 Å². The van der Waals surface area contributed by atoms with Crippen molar-refractivity contribution in [1.82, 2.24) is 19.8 Å². The molecule has 0 saturated heterocycles. The second-order valence-electron chi connectivity index (χ2n) is 7.32. The molecule has 0 radical (unpaired) electrons. The molecule has 1 saturated carbocycles. The first-order valence-electron chi connectivity index (χ1n) is 9.59. The number of rotatable bonds is 5. The first-order valence-corrected chi connectivity index (χ1v) is 9.59. The molecule has 7 nitrogen and oxygen atoms in total. The van der Waals surface area contributed by atoms with E-state index in [1.54, 1.807) is 16.8 Å². The number of benzene rings is 1. The summed E-state index contributed by atoms with van der Waals surface area (Å²) >= 11 is 0. The van der Waals surface area contributed by atoms with E-state index < -0.39 is 12.1 Å². The van der Waals surface area contributed by atoms with Crippen molar-refractivity contribution < 1.29 is 13.9 Å². The van der Waals surface area contributed by atoms with Crippen molar-refractivity contribution in [3.05, 3.63) is 42.2 Å². The molecule has 0 aliphatic heterocycles. The van der Waals surface area contributed by atoms with Crippen molar-refractivity contribution in [2.75, 3.05) is 11.9 Å². The number of carbonyl (C=O) groups is 1. The molecular formula is C21H20FN5O2. The highest BCUT2D eigenvalue weighted by molar-refractivity contribution is 6.00. The molecule has 148 valence electrons. The smallest absolute Gasteiger partial charge is 0.231 e. The number of halogens is 1. The van der Waals surface area contributed by atoms with Crippen molar-refractivity contribution in [3.63, 3.8) is 0 Å². The Balaban J connectivity index is 1.54. The molecule has 1 amide bonds. The number of alkyl halides is 1. The van der Waals surface area contributed by atoms with Crippen molar-refractivity contribution in [3.8, 4) is 16.9 Å². The third kappa shape index (κ3) is 3.00. The van der Waals surface area contributed by atoms with E-state index in [0.29, 0.717) is 18.8 Å². The number of amides is 1. The van der Waals surface area contributed by atoms with Gasteiger partial charge >= 0.3 is 0 Å². The third-order valence-electron chi connectivity index (χ3n) is 5.25. The molecule has 4 aromatic rings. The van der Waals surface area contributed by atoms with Crippen LogP contribution in [0.4, 0.5) is 10.2 Å². The lowest BCUT2D eigenvalue weighted by Crippen LogP contribution is -2.15. The Morgan fingerprint density at radius 3 is 3.00 bits per heavy atom. The van der Waals surface area contributed by atoms with Crippen LogP contribution in [0.25, 0.3) is 27.5 Å². The summed E-state index contributed by atoms with van der Waals surface area (Å²) in [6, 6.07) is 7.77. The van der Waals surface area contributed by atoms with E-state index in [1.807, 2.05) is 38.2 Å². The van der Waals surface area contributed by atoms with Gasteiger partial charge in [-0.25, -0.2) is 8.91 Å². The van der Waals surface area contributed by atoms with Gasteiger partial charge in [0, 0.05) is 17.6 Å². The van der Waals surface area contributed by atoms with Gasteiger partial charge in [-0.05, 0) is 55.2 Å². The fourth-order valence-electron chi connectivity index (χ4n) is 3.73. The molecule has 2 N–H and O–H groups in total. The monoisotopic (exact) mass is 393 g/mol. The van der Waals surface area contributed by atoms with Gasteiger partial charge in [-0.2, -0.15) is 10.2 Å². The van der Waals surface area contributed by atoms with Gasteiger partial charge in [0.2, 0.25) is 5.91 Å². The maximum absolute atomic E-state index is 13.1. The van der Waals surface area contributed by atoms with E-state index in [2.05, 4.69) is 20.6 Å². The Morgan fingerprint density at radius 1 is 1.41 bits per heavy atom. The molecule has 1 aliphatic carbocycles. The second kappa shape index (κ2) is 6.58. The summed E-state index contributed by atoms with van der Waals surface area (Å²) in [5.74, 6) is 0.339. The molecule has 29 heavy (non-hydrogen) atoms. The Morgan fingerprint density at radius 2 is 2.24 bits per heavy atom. The number of carbonyl (C=O) groups excluding carboxylic acids is 1. The highest BCUT2D eigenvalue weighted by Gasteiger charge is 2.43. The summed E-state index contributed by atoms with van der Waals surface area (Å²) in [5, 5.41) is 15.3. The molecule has 5 rings (SSSR count). The molecule has 1 fully saturated rings. The molecule has 0 unspecified atom stereocenters. The number of fused-ring (bicyclic) bond motifs is 2. The number of aromatic nitrogens is 4. The molecule has 8 heteroatoms. The minimum Gasteiger partial charge on any atom is -0.492 e. The summed E-state index contributed by atoms with van der Waals surface area (Å²) in [6.07, 6.45) is 2.91. The number of hydrogen-bond acceptors (Lipinski definition) is 4. The number of nitrogens with one attached hydrogen (secondary N) is 2. The zero-order chi connectivity index (χ0) is 20.1. The van der Waals surface area contributed by atoms with Crippen LogP contribution >= 0.6 is 0 Å². The number of ether oxygens (including phenoxy) is 1. The van der Waals surface area contributed by atoms with Crippen molar-refractivity contribution in [2.45, 2.75) is 26.4 Å². The summed E-state index contributed by atoms with van der Waals surface area (Å²) in [4.78, 5) is 12.0. The fraction of sp³-hybridized carbons (Fsp3) is 0.286. The SMILES string of the molecule is CCOc1cc(C)c(-c2ccn3nc(NC(=O)[C@@H]4C[C@@H]4F)cc3c2)c2cn[nH]c12. The molecule has 3 heterocycles. The summed E-state index contributed by atoms with van der Waals surface area (Å²) in [6.45, 7) is 4.57. The van der Waals surface area contributed by atoms with Crippen LogP contribution in [0.3, 0.4) is 0 Å². The maximum atomic E-state index is 13.1. The van der Waals surface area contributed by atoms with Gasteiger partial charge in [0.05, 0.1) is 24.2 Å². The van der Waals surface area contributed by atoms with Crippen LogP contribution in [0.5, 0.6) is 5.75 Å². The number of pyridine rings is 1. The Labute approximate surface area is 165 Å². The molecule has 2 atom stereocenters.